The van der Waals surface area contributed by atoms with E-state index in [-0.39, 0.29) is 0 Å². The summed E-state index contributed by atoms with van der Waals surface area (Å²) in [6.45, 7) is 1.85. The molecule has 0 radical (unpaired) electrons. The molecule has 0 atom stereocenters. The lowest BCUT2D eigenvalue weighted by Gasteiger charge is -2.15. The second kappa shape index (κ2) is 19.2. The highest BCUT2D eigenvalue weighted by molar-refractivity contribution is 6.12. The van der Waals surface area contributed by atoms with Crippen molar-refractivity contribution in [2.45, 2.75) is 6.92 Å². The minimum Gasteiger partial charge on any atom is -0.441 e. The van der Waals surface area contributed by atoms with Gasteiger partial charge in [0.1, 0.15) is 11.0 Å². The Morgan fingerprint density at radius 1 is 0.343 bits per heavy atom. The third kappa shape index (κ3) is 8.45. The van der Waals surface area contributed by atoms with Crippen LogP contribution in [-0.2, 0) is 0 Å². The third-order valence-corrected chi connectivity index (χ3v) is 12.7. The van der Waals surface area contributed by atoms with Gasteiger partial charge < -0.3 is 18.5 Å². The maximum Gasteiger partial charge on any atom is 0.227 e. The largest absolute Gasteiger partial charge is 0.441 e. The summed E-state index contributed by atoms with van der Waals surface area (Å²) in [6.07, 6.45) is 0. The third-order valence-electron chi connectivity index (χ3n) is 12.7. The molecular weight excluding hydrogens is 859 g/mol. The number of oxazole rings is 2. The summed E-state index contributed by atoms with van der Waals surface area (Å²) in [5, 5.41) is 9.44. The molecule has 0 amide bonds. The molecule has 0 saturated carbocycles. The minimum absolute atomic E-state index is 0.628. The quantitative estimate of drug-likeness (QED) is 0.172. The van der Waals surface area contributed by atoms with Gasteiger partial charge in [0, 0.05) is 36.1 Å². The van der Waals surface area contributed by atoms with Gasteiger partial charge in [-0.25, -0.2) is 9.97 Å². The van der Waals surface area contributed by atoms with E-state index >= 15 is 0 Å². The monoisotopic (exact) mass is 905 g/mol. The van der Waals surface area contributed by atoms with Crippen LogP contribution < -0.4 is 0 Å². The van der Waals surface area contributed by atoms with Crippen molar-refractivity contribution in [3.63, 3.8) is 0 Å². The number of para-hydroxylation sites is 5. The van der Waals surface area contributed by atoms with Crippen LogP contribution in [0.5, 0.6) is 0 Å². The van der Waals surface area contributed by atoms with Crippen LogP contribution in [0.4, 0.5) is 0 Å². The van der Waals surface area contributed by atoms with Gasteiger partial charge in [0.2, 0.25) is 5.89 Å². The predicted octanol–water partition coefficient (Wildman–Crippen LogP) is 16.7. The first-order valence-corrected chi connectivity index (χ1v) is 23.3. The van der Waals surface area contributed by atoms with Gasteiger partial charge in [0.05, 0.1) is 11.0 Å². The SMILES string of the molecule is CO.Cc1nc2ccccc2o1.c1ccc(-c2cccc(-c3ccc4c(c3)c3cc(-c5ccccc5-c5ccccc5-c5ccc(-c6nc7ccccc7o6)cc5)ccc3n4-c3ccccc3)c2)cc1. The van der Waals surface area contributed by atoms with E-state index in [1.54, 1.807) is 0 Å². The number of nitrogens with zero attached hydrogens (tertiary/aromatic N) is 3. The zero-order chi connectivity index (χ0) is 47.4. The van der Waals surface area contributed by atoms with E-state index in [1.165, 1.54) is 71.9 Å². The van der Waals surface area contributed by atoms with E-state index < -0.39 is 0 Å². The van der Waals surface area contributed by atoms with E-state index in [0.29, 0.717) is 5.89 Å². The van der Waals surface area contributed by atoms with Gasteiger partial charge in [0.15, 0.2) is 17.1 Å². The minimum atomic E-state index is 0.628. The smallest absolute Gasteiger partial charge is 0.227 e. The normalized spacial score (nSPS) is 11.1. The Labute approximate surface area is 406 Å². The number of aliphatic hydroxyl groups excluding tert-OH is 1. The first-order chi connectivity index (χ1) is 34.6. The van der Waals surface area contributed by atoms with Crippen LogP contribution >= 0.6 is 0 Å². The molecule has 0 spiro atoms. The number of aromatic nitrogens is 3. The van der Waals surface area contributed by atoms with Crippen LogP contribution in [0.1, 0.15) is 5.89 Å². The van der Waals surface area contributed by atoms with Crippen LogP contribution in [0.15, 0.2) is 251 Å². The lowest BCUT2D eigenvalue weighted by Crippen LogP contribution is -1.93. The topological polar surface area (TPSA) is 77.2 Å². The van der Waals surface area contributed by atoms with Gasteiger partial charge in [-0.15, -0.1) is 0 Å². The van der Waals surface area contributed by atoms with E-state index in [1.807, 2.05) is 55.5 Å². The molecule has 0 fully saturated rings. The fourth-order valence-corrected chi connectivity index (χ4v) is 9.45. The van der Waals surface area contributed by atoms with E-state index in [2.05, 4.69) is 204 Å². The van der Waals surface area contributed by atoms with Gasteiger partial charge in [-0.2, -0.15) is 0 Å². The molecule has 70 heavy (non-hydrogen) atoms. The number of aryl methyl sites for hydroxylation is 1. The summed E-state index contributed by atoms with van der Waals surface area (Å²) in [5.74, 6) is 1.35. The molecule has 0 aliphatic heterocycles. The zero-order valence-electron chi connectivity index (χ0n) is 38.7. The van der Waals surface area contributed by atoms with E-state index in [4.69, 9.17) is 18.9 Å². The number of benzene rings is 10. The summed E-state index contributed by atoms with van der Waals surface area (Å²) >= 11 is 0. The molecule has 13 rings (SSSR count). The highest BCUT2D eigenvalue weighted by Gasteiger charge is 2.18. The van der Waals surface area contributed by atoms with Crippen LogP contribution in [0.2, 0.25) is 0 Å². The molecule has 0 aliphatic rings. The van der Waals surface area contributed by atoms with Crippen molar-refractivity contribution in [3.8, 4) is 72.8 Å². The van der Waals surface area contributed by atoms with Crippen molar-refractivity contribution in [1.29, 1.82) is 0 Å². The van der Waals surface area contributed by atoms with Gasteiger partial charge in [-0.05, 0) is 134 Å². The second-order valence-electron chi connectivity index (χ2n) is 16.9. The molecule has 6 nitrogen and oxygen atoms in total. The van der Waals surface area contributed by atoms with Crippen LogP contribution in [0, 0.1) is 6.92 Å². The molecule has 0 saturated heterocycles. The molecular formula is C64H47N3O3. The van der Waals surface area contributed by atoms with Crippen molar-refractivity contribution in [1.82, 2.24) is 14.5 Å². The van der Waals surface area contributed by atoms with E-state index in [0.717, 1.165) is 52.0 Å². The Morgan fingerprint density at radius 3 is 1.41 bits per heavy atom. The molecule has 0 aliphatic carbocycles. The van der Waals surface area contributed by atoms with Crippen LogP contribution in [-0.4, -0.2) is 26.8 Å². The van der Waals surface area contributed by atoms with E-state index in [9.17, 15) is 0 Å². The van der Waals surface area contributed by atoms with Gasteiger partial charge in [-0.1, -0.05) is 164 Å². The van der Waals surface area contributed by atoms with Crippen LogP contribution in [0.25, 0.3) is 117 Å². The number of aliphatic hydroxyl groups is 1. The highest BCUT2D eigenvalue weighted by atomic mass is 16.4. The predicted molar refractivity (Wildman–Crippen MR) is 288 cm³/mol. The van der Waals surface area contributed by atoms with Crippen molar-refractivity contribution < 1.29 is 13.9 Å². The number of hydrogen-bond acceptors (Lipinski definition) is 5. The zero-order valence-corrected chi connectivity index (χ0v) is 38.7. The first kappa shape index (κ1) is 43.5. The van der Waals surface area contributed by atoms with Crippen molar-refractivity contribution in [2.75, 3.05) is 7.11 Å². The Morgan fingerprint density at radius 2 is 0.786 bits per heavy atom. The van der Waals surface area contributed by atoms with Crippen molar-refractivity contribution >= 4 is 44.0 Å². The number of hydrogen-bond donors (Lipinski definition) is 1. The summed E-state index contributed by atoms with van der Waals surface area (Å²) in [6, 6.07) is 85.7. The van der Waals surface area contributed by atoms with Crippen molar-refractivity contribution in [2.24, 2.45) is 0 Å². The molecule has 0 bridgehead atoms. The maximum atomic E-state index is 7.00. The van der Waals surface area contributed by atoms with Gasteiger partial charge in [-0.3, -0.25) is 0 Å². The highest BCUT2D eigenvalue weighted by Crippen LogP contribution is 2.42. The van der Waals surface area contributed by atoms with Gasteiger partial charge >= 0.3 is 0 Å². The number of fused-ring (bicyclic) bond motifs is 5. The standard InChI is InChI=1S/C55H36N2O.C8H7NO.CH4O/c1-3-14-37(15-4-1)40-16-13-17-41(34-40)42-30-32-52-49(35-42)50-36-43(31-33-53(50)57(52)44-18-5-2-6-19-44)46-21-8-10-23-48(46)47-22-9-7-20-45(47)38-26-28-39(29-27-38)55-56-51-24-11-12-25-54(51)58-55;1-6-9-7-4-2-3-5-8(7)10-6;1-2/h1-36H;2-5H,1H3;2H,1H3. The molecule has 6 heteroatoms. The fourth-order valence-electron chi connectivity index (χ4n) is 9.45. The Hall–Kier alpha value is -9.10. The average Bonchev–Trinajstić information content (AvgIpc) is 4.15. The fraction of sp³-hybridized carbons (Fsp3) is 0.0312. The van der Waals surface area contributed by atoms with Crippen molar-refractivity contribution in [3.05, 3.63) is 249 Å². The molecule has 3 heterocycles. The molecule has 10 aromatic carbocycles. The lowest BCUT2D eigenvalue weighted by molar-refractivity contribution is 0.399. The molecule has 336 valence electrons. The Bertz CT molecular complexity index is 3860. The molecule has 13 aromatic rings. The lowest BCUT2D eigenvalue weighted by atomic mass is 9.89. The average molecular weight is 906 g/mol. The van der Waals surface area contributed by atoms with Crippen LogP contribution in [0.3, 0.4) is 0 Å². The summed E-state index contributed by atoms with van der Waals surface area (Å²) in [4.78, 5) is 8.87. The second-order valence-corrected chi connectivity index (χ2v) is 16.9. The number of rotatable bonds is 7. The Kier molecular flexibility index (Phi) is 12.0. The maximum absolute atomic E-state index is 7.00. The molecule has 1 N–H and O–H groups in total. The summed E-state index contributed by atoms with van der Waals surface area (Å²) in [5.41, 5.74) is 19.8. The molecule has 0 unspecified atom stereocenters. The summed E-state index contributed by atoms with van der Waals surface area (Å²) in [7, 11) is 1.00. The molecule has 3 aromatic heterocycles. The Balaban J connectivity index is 0.000000391. The van der Waals surface area contributed by atoms with Gasteiger partial charge in [0.25, 0.3) is 0 Å². The summed E-state index contributed by atoms with van der Waals surface area (Å²) < 4.78 is 13.7. The first-order valence-electron chi connectivity index (χ1n) is 23.3.